The lowest BCUT2D eigenvalue weighted by molar-refractivity contribution is 0.432. The van der Waals surface area contributed by atoms with Crippen LogP contribution in [-0.2, 0) is 6.42 Å². The van der Waals surface area contributed by atoms with Crippen molar-refractivity contribution in [3.8, 4) is 0 Å². The van der Waals surface area contributed by atoms with Crippen LogP contribution in [-0.4, -0.2) is 18.0 Å². The van der Waals surface area contributed by atoms with E-state index in [9.17, 15) is 0 Å². The van der Waals surface area contributed by atoms with Crippen molar-refractivity contribution in [1.82, 2.24) is 10.2 Å². The summed E-state index contributed by atoms with van der Waals surface area (Å²) in [4.78, 5) is 4.88. The third-order valence-electron chi connectivity index (χ3n) is 5.11. The molecule has 3 nitrogen and oxygen atoms in total. The van der Waals surface area contributed by atoms with E-state index in [1.807, 2.05) is 0 Å². The minimum absolute atomic E-state index is 1.01. The van der Waals surface area contributed by atoms with E-state index in [1.54, 1.807) is 0 Å². The highest BCUT2D eigenvalue weighted by atomic mass is 15.4. The maximum atomic E-state index is 3.54. The first-order valence-electron chi connectivity index (χ1n) is 8.79. The lowest BCUT2D eigenvalue weighted by Crippen LogP contribution is -2.35. The Kier molecular flexibility index (Phi) is 3.12. The van der Waals surface area contributed by atoms with E-state index in [4.69, 9.17) is 0 Å². The van der Waals surface area contributed by atoms with E-state index in [1.165, 1.54) is 34.1 Å². The molecular formula is C21H21N3. The van der Waals surface area contributed by atoms with Crippen molar-refractivity contribution < 1.29 is 0 Å². The predicted molar refractivity (Wildman–Crippen MR) is 97.9 cm³/mol. The van der Waals surface area contributed by atoms with Crippen LogP contribution in [0.4, 0.5) is 11.4 Å². The van der Waals surface area contributed by atoms with Crippen LogP contribution in [0.1, 0.15) is 24.0 Å². The summed E-state index contributed by atoms with van der Waals surface area (Å²) in [6, 6.07) is 17.6. The van der Waals surface area contributed by atoms with Gasteiger partial charge in [-0.05, 0) is 48.3 Å². The number of hydrogen-bond acceptors (Lipinski definition) is 3. The SMILES string of the molecule is C1=C(N2CCC=C2N2c3ccccc3Cc3ccccc32)NCC1. The van der Waals surface area contributed by atoms with E-state index in [0.717, 1.165) is 32.4 Å². The van der Waals surface area contributed by atoms with Crippen LogP contribution in [0.2, 0.25) is 0 Å². The average molecular weight is 315 g/mol. The molecule has 0 atom stereocenters. The van der Waals surface area contributed by atoms with Gasteiger partial charge in [0.25, 0.3) is 0 Å². The fourth-order valence-electron chi connectivity index (χ4n) is 4.03. The Labute approximate surface area is 142 Å². The zero-order valence-corrected chi connectivity index (χ0v) is 13.7. The third kappa shape index (κ3) is 2.04. The van der Waals surface area contributed by atoms with Crippen molar-refractivity contribution in [2.75, 3.05) is 18.0 Å². The summed E-state index contributed by atoms with van der Waals surface area (Å²) in [5, 5.41) is 3.54. The highest BCUT2D eigenvalue weighted by molar-refractivity contribution is 5.78. The molecule has 3 heterocycles. The number of para-hydroxylation sites is 2. The number of anilines is 2. The molecule has 120 valence electrons. The van der Waals surface area contributed by atoms with Crippen LogP contribution in [0.15, 0.2) is 72.3 Å². The monoisotopic (exact) mass is 315 g/mol. The van der Waals surface area contributed by atoms with Gasteiger partial charge in [-0.2, -0.15) is 0 Å². The van der Waals surface area contributed by atoms with E-state index in [0.29, 0.717) is 0 Å². The summed E-state index contributed by atoms with van der Waals surface area (Å²) in [6.45, 7) is 2.10. The number of rotatable bonds is 2. The summed E-state index contributed by atoms with van der Waals surface area (Å²) in [7, 11) is 0. The van der Waals surface area contributed by atoms with Crippen molar-refractivity contribution in [1.29, 1.82) is 0 Å². The highest BCUT2D eigenvalue weighted by Gasteiger charge is 2.31. The molecular weight excluding hydrogens is 294 g/mol. The van der Waals surface area contributed by atoms with Crippen molar-refractivity contribution in [3.05, 3.63) is 83.5 Å². The van der Waals surface area contributed by atoms with E-state index >= 15 is 0 Å². The van der Waals surface area contributed by atoms with Crippen molar-refractivity contribution in [2.24, 2.45) is 0 Å². The molecule has 0 radical (unpaired) electrons. The van der Waals surface area contributed by atoms with Gasteiger partial charge in [0.15, 0.2) is 0 Å². The molecule has 5 rings (SSSR count). The predicted octanol–water partition coefficient (Wildman–Crippen LogP) is 4.11. The van der Waals surface area contributed by atoms with Gasteiger partial charge in [0.2, 0.25) is 0 Å². The maximum Gasteiger partial charge on any atom is 0.115 e. The van der Waals surface area contributed by atoms with Gasteiger partial charge in [0, 0.05) is 19.5 Å². The molecule has 0 aliphatic carbocycles. The summed E-state index contributed by atoms with van der Waals surface area (Å²) in [5.74, 6) is 2.55. The zero-order valence-electron chi connectivity index (χ0n) is 13.7. The molecule has 0 fully saturated rings. The molecule has 0 spiro atoms. The zero-order chi connectivity index (χ0) is 15.9. The Bertz CT molecular complexity index is 804. The molecule has 3 aliphatic rings. The molecule has 1 N–H and O–H groups in total. The van der Waals surface area contributed by atoms with Gasteiger partial charge >= 0.3 is 0 Å². The molecule has 2 aromatic rings. The summed E-state index contributed by atoms with van der Waals surface area (Å²) >= 11 is 0. The first kappa shape index (κ1) is 13.7. The molecule has 0 unspecified atom stereocenters. The molecule has 0 saturated carbocycles. The first-order chi connectivity index (χ1) is 11.9. The van der Waals surface area contributed by atoms with Crippen molar-refractivity contribution >= 4 is 11.4 Å². The Balaban J connectivity index is 1.65. The van der Waals surface area contributed by atoms with Crippen LogP contribution in [0.5, 0.6) is 0 Å². The van der Waals surface area contributed by atoms with Crippen LogP contribution in [0, 0.1) is 0 Å². The van der Waals surface area contributed by atoms with Crippen LogP contribution >= 0.6 is 0 Å². The molecule has 0 saturated heterocycles. The minimum atomic E-state index is 1.01. The lowest BCUT2D eigenvalue weighted by atomic mass is 9.95. The van der Waals surface area contributed by atoms with Gasteiger partial charge < -0.3 is 10.2 Å². The van der Waals surface area contributed by atoms with Crippen LogP contribution in [0.25, 0.3) is 0 Å². The van der Waals surface area contributed by atoms with E-state index < -0.39 is 0 Å². The molecule has 0 bridgehead atoms. The minimum Gasteiger partial charge on any atom is -0.371 e. The second kappa shape index (κ2) is 5.45. The smallest absolute Gasteiger partial charge is 0.115 e. The largest absolute Gasteiger partial charge is 0.371 e. The Morgan fingerprint density at radius 2 is 1.50 bits per heavy atom. The standard InChI is InChI=1S/C21H21N3/c1-3-9-18-16(7-1)15-17-8-2-4-10-19(17)24(18)21-12-6-14-23(21)20-11-5-13-22-20/h1-4,7-12,22H,5-6,13-15H2. The second-order valence-electron chi connectivity index (χ2n) is 6.58. The van der Waals surface area contributed by atoms with Crippen LogP contribution < -0.4 is 10.2 Å². The second-order valence-corrected chi connectivity index (χ2v) is 6.58. The number of nitrogens with zero attached hydrogens (tertiary/aromatic N) is 2. The Morgan fingerprint density at radius 1 is 0.792 bits per heavy atom. The molecule has 24 heavy (non-hydrogen) atoms. The normalized spacial score (nSPS) is 18.7. The fourth-order valence-corrected chi connectivity index (χ4v) is 4.03. The molecule has 2 aromatic carbocycles. The fraction of sp³-hybridized carbons (Fsp3) is 0.238. The summed E-state index contributed by atoms with van der Waals surface area (Å²) < 4.78 is 0. The van der Waals surface area contributed by atoms with E-state index in [2.05, 4.69) is 75.8 Å². The number of nitrogens with one attached hydrogen (secondary N) is 1. The summed E-state index contributed by atoms with van der Waals surface area (Å²) in [6.07, 6.45) is 7.92. The van der Waals surface area contributed by atoms with Gasteiger partial charge in [-0.15, -0.1) is 0 Å². The van der Waals surface area contributed by atoms with Gasteiger partial charge in [-0.1, -0.05) is 36.4 Å². The number of fused-ring (bicyclic) bond motifs is 2. The van der Waals surface area contributed by atoms with Gasteiger partial charge in [-0.3, -0.25) is 4.90 Å². The number of benzene rings is 2. The molecule has 0 amide bonds. The first-order valence-corrected chi connectivity index (χ1v) is 8.79. The molecule has 0 aromatic heterocycles. The number of hydrogen-bond donors (Lipinski definition) is 1. The van der Waals surface area contributed by atoms with Gasteiger partial charge in [-0.25, -0.2) is 0 Å². The third-order valence-corrected chi connectivity index (χ3v) is 5.11. The van der Waals surface area contributed by atoms with Gasteiger partial charge in [0.1, 0.15) is 11.6 Å². The topological polar surface area (TPSA) is 18.5 Å². The maximum absolute atomic E-state index is 3.54. The highest BCUT2D eigenvalue weighted by Crippen LogP contribution is 2.43. The Morgan fingerprint density at radius 3 is 2.17 bits per heavy atom. The average Bonchev–Trinajstić information content (AvgIpc) is 3.30. The van der Waals surface area contributed by atoms with E-state index in [-0.39, 0.29) is 0 Å². The quantitative estimate of drug-likeness (QED) is 0.900. The van der Waals surface area contributed by atoms with Crippen LogP contribution in [0.3, 0.4) is 0 Å². The molecule has 3 heteroatoms. The van der Waals surface area contributed by atoms with Crippen molar-refractivity contribution in [3.63, 3.8) is 0 Å². The van der Waals surface area contributed by atoms with Crippen molar-refractivity contribution in [2.45, 2.75) is 19.3 Å². The lowest BCUT2D eigenvalue weighted by Gasteiger charge is -2.38. The van der Waals surface area contributed by atoms with Gasteiger partial charge in [0.05, 0.1) is 11.4 Å². The Hall–Kier alpha value is -2.68. The summed E-state index contributed by atoms with van der Waals surface area (Å²) in [5.41, 5.74) is 5.43. The molecule has 3 aliphatic heterocycles.